The van der Waals surface area contributed by atoms with Crippen molar-refractivity contribution in [2.45, 2.75) is 0 Å². The fourth-order valence-corrected chi connectivity index (χ4v) is 3.08. The zero-order chi connectivity index (χ0) is 20.1. The van der Waals surface area contributed by atoms with Gasteiger partial charge in [0.1, 0.15) is 5.69 Å². The van der Waals surface area contributed by atoms with Crippen LogP contribution in [0.25, 0.3) is 0 Å². The number of benzene rings is 2. The van der Waals surface area contributed by atoms with Crippen molar-refractivity contribution in [2.24, 2.45) is 0 Å². The Labute approximate surface area is 171 Å². The number of nitrogens with one attached hydrogen (secondary N) is 3. The molecule has 0 aliphatic heterocycles. The summed E-state index contributed by atoms with van der Waals surface area (Å²) in [7, 11) is 3.89. The minimum Gasteiger partial charge on any atom is -0.378 e. The average Bonchev–Trinajstić information content (AvgIpc) is 3.12. The third-order valence-corrected chi connectivity index (χ3v) is 4.71. The quantitative estimate of drug-likeness (QED) is 0.560. The number of thiazole rings is 1. The molecule has 3 N–H and O–H groups in total. The second kappa shape index (κ2) is 8.73. The predicted octanol–water partition coefficient (Wildman–Crippen LogP) is 4.76. The summed E-state index contributed by atoms with van der Waals surface area (Å²) in [6.07, 6.45) is 0. The van der Waals surface area contributed by atoms with Crippen molar-refractivity contribution in [3.63, 3.8) is 0 Å². The number of rotatable bonds is 5. The van der Waals surface area contributed by atoms with Crippen LogP contribution in [0.5, 0.6) is 0 Å². The van der Waals surface area contributed by atoms with Crippen molar-refractivity contribution >= 4 is 57.1 Å². The highest BCUT2D eigenvalue weighted by Crippen LogP contribution is 2.20. The van der Waals surface area contributed by atoms with Gasteiger partial charge in [0, 0.05) is 41.6 Å². The summed E-state index contributed by atoms with van der Waals surface area (Å²) in [4.78, 5) is 30.5. The first-order valence-electron chi connectivity index (χ1n) is 8.28. The van der Waals surface area contributed by atoms with Crippen LogP contribution in [-0.2, 0) is 0 Å². The van der Waals surface area contributed by atoms with E-state index in [1.54, 1.807) is 29.6 Å². The second-order valence-corrected chi connectivity index (χ2v) is 7.31. The topological polar surface area (TPSA) is 86.4 Å². The van der Waals surface area contributed by atoms with E-state index in [0.717, 1.165) is 17.0 Å². The van der Waals surface area contributed by atoms with Gasteiger partial charge in [-0.1, -0.05) is 11.6 Å². The number of urea groups is 1. The zero-order valence-electron chi connectivity index (χ0n) is 15.2. The summed E-state index contributed by atoms with van der Waals surface area (Å²) in [5, 5.41) is 10.5. The Kier molecular flexibility index (Phi) is 6.13. The lowest BCUT2D eigenvalue weighted by Gasteiger charge is -2.12. The molecule has 28 heavy (non-hydrogen) atoms. The van der Waals surface area contributed by atoms with Gasteiger partial charge in [-0.15, -0.1) is 11.3 Å². The van der Waals surface area contributed by atoms with Gasteiger partial charge in [0.15, 0.2) is 5.13 Å². The van der Waals surface area contributed by atoms with Crippen molar-refractivity contribution in [1.29, 1.82) is 0 Å². The van der Waals surface area contributed by atoms with Gasteiger partial charge in [0.2, 0.25) is 0 Å². The Morgan fingerprint density at radius 1 is 0.929 bits per heavy atom. The summed E-state index contributed by atoms with van der Waals surface area (Å²) in [5.74, 6) is -0.347. The minimum absolute atomic E-state index is 0.225. The first-order chi connectivity index (χ1) is 13.4. The zero-order valence-corrected chi connectivity index (χ0v) is 16.8. The van der Waals surface area contributed by atoms with E-state index < -0.39 is 6.03 Å². The number of anilines is 4. The van der Waals surface area contributed by atoms with E-state index in [0.29, 0.717) is 21.5 Å². The molecule has 3 aromatic rings. The third-order valence-electron chi connectivity index (χ3n) is 3.70. The van der Waals surface area contributed by atoms with Crippen LogP contribution in [-0.4, -0.2) is 31.0 Å². The van der Waals surface area contributed by atoms with Crippen molar-refractivity contribution in [3.05, 3.63) is 64.6 Å². The van der Waals surface area contributed by atoms with E-state index >= 15 is 0 Å². The average molecular weight is 416 g/mol. The molecule has 9 heteroatoms. The van der Waals surface area contributed by atoms with Crippen LogP contribution in [0.15, 0.2) is 53.9 Å². The molecule has 3 amide bonds. The number of aromatic nitrogens is 1. The fourth-order valence-electron chi connectivity index (χ4n) is 2.27. The van der Waals surface area contributed by atoms with Crippen LogP contribution < -0.4 is 20.9 Å². The number of carbonyl (C=O) groups excluding carboxylic acids is 2. The normalized spacial score (nSPS) is 10.2. The molecule has 0 saturated heterocycles. The molecular formula is C19H18ClN5O2S. The smallest absolute Gasteiger partial charge is 0.325 e. The first kappa shape index (κ1) is 19.7. The lowest BCUT2D eigenvalue weighted by Crippen LogP contribution is -2.19. The fraction of sp³-hybridized carbons (Fsp3) is 0.105. The van der Waals surface area contributed by atoms with Gasteiger partial charge in [-0.05, 0) is 48.5 Å². The molecule has 0 bridgehead atoms. The van der Waals surface area contributed by atoms with Gasteiger partial charge >= 0.3 is 6.03 Å². The lowest BCUT2D eigenvalue weighted by atomic mass is 10.2. The highest BCUT2D eigenvalue weighted by atomic mass is 35.5. The van der Waals surface area contributed by atoms with Gasteiger partial charge < -0.3 is 15.5 Å². The summed E-state index contributed by atoms with van der Waals surface area (Å²) in [5.41, 5.74) is 2.52. The highest BCUT2D eigenvalue weighted by molar-refractivity contribution is 7.14. The number of carbonyl (C=O) groups is 2. The molecule has 1 heterocycles. The Bertz CT molecular complexity index is 971. The molecule has 0 spiro atoms. The maximum Gasteiger partial charge on any atom is 0.325 e. The van der Waals surface area contributed by atoms with Crippen LogP contribution >= 0.6 is 22.9 Å². The van der Waals surface area contributed by atoms with Crippen LogP contribution in [0.3, 0.4) is 0 Å². The molecule has 2 aromatic carbocycles. The van der Waals surface area contributed by atoms with E-state index in [9.17, 15) is 9.59 Å². The molecule has 0 aliphatic rings. The maximum absolute atomic E-state index is 12.3. The van der Waals surface area contributed by atoms with E-state index in [-0.39, 0.29) is 11.6 Å². The van der Waals surface area contributed by atoms with E-state index in [2.05, 4.69) is 20.9 Å². The van der Waals surface area contributed by atoms with Gasteiger partial charge in [-0.3, -0.25) is 10.1 Å². The Morgan fingerprint density at radius 3 is 2.18 bits per heavy atom. The van der Waals surface area contributed by atoms with Gasteiger partial charge in [-0.25, -0.2) is 9.78 Å². The van der Waals surface area contributed by atoms with Crippen molar-refractivity contribution in [2.75, 3.05) is 34.9 Å². The molecule has 0 fully saturated rings. The molecular weight excluding hydrogens is 398 g/mol. The van der Waals surface area contributed by atoms with Gasteiger partial charge in [0.25, 0.3) is 5.91 Å². The standard InChI is InChI=1S/C19H18ClN5O2S/c1-25(2)15-9-7-13(8-10-15)21-17(26)16-11-28-19(23-16)24-18(27)22-14-5-3-12(20)4-6-14/h3-11H,1-2H3,(H,21,26)(H2,22,23,24,27). The number of amides is 3. The molecule has 7 nitrogen and oxygen atoms in total. The molecule has 0 aliphatic carbocycles. The monoisotopic (exact) mass is 415 g/mol. The first-order valence-corrected chi connectivity index (χ1v) is 9.54. The SMILES string of the molecule is CN(C)c1ccc(NC(=O)c2csc(NC(=O)Nc3ccc(Cl)cc3)n2)cc1. The predicted molar refractivity (Wildman–Crippen MR) is 115 cm³/mol. The maximum atomic E-state index is 12.3. The molecule has 0 radical (unpaired) electrons. The molecule has 144 valence electrons. The Hall–Kier alpha value is -3.10. The lowest BCUT2D eigenvalue weighted by molar-refractivity contribution is 0.102. The van der Waals surface area contributed by atoms with Gasteiger partial charge in [0.05, 0.1) is 0 Å². The number of halogens is 1. The number of hydrogen-bond acceptors (Lipinski definition) is 5. The highest BCUT2D eigenvalue weighted by Gasteiger charge is 2.13. The van der Waals surface area contributed by atoms with Crippen molar-refractivity contribution in [1.82, 2.24) is 4.98 Å². The summed E-state index contributed by atoms with van der Waals surface area (Å²) < 4.78 is 0. The molecule has 1 aromatic heterocycles. The largest absolute Gasteiger partial charge is 0.378 e. The summed E-state index contributed by atoms with van der Waals surface area (Å²) in [6.45, 7) is 0. The molecule has 0 atom stereocenters. The van der Waals surface area contributed by atoms with Crippen LogP contribution in [0.1, 0.15) is 10.5 Å². The van der Waals surface area contributed by atoms with Crippen LogP contribution in [0.2, 0.25) is 5.02 Å². The number of nitrogens with zero attached hydrogens (tertiary/aromatic N) is 2. The molecule has 0 saturated carbocycles. The summed E-state index contributed by atoms with van der Waals surface area (Å²) in [6, 6.07) is 13.7. The third kappa shape index (κ3) is 5.21. The van der Waals surface area contributed by atoms with Gasteiger partial charge in [-0.2, -0.15) is 0 Å². The van der Waals surface area contributed by atoms with Crippen LogP contribution in [0, 0.1) is 0 Å². The van der Waals surface area contributed by atoms with E-state index in [4.69, 9.17) is 11.6 Å². The van der Waals surface area contributed by atoms with Crippen molar-refractivity contribution in [3.8, 4) is 0 Å². The number of hydrogen-bond donors (Lipinski definition) is 3. The Balaban J connectivity index is 1.57. The second-order valence-electron chi connectivity index (χ2n) is 6.02. The summed E-state index contributed by atoms with van der Waals surface area (Å²) >= 11 is 6.98. The molecule has 3 rings (SSSR count). The minimum atomic E-state index is -0.456. The van der Waals surface area contributed by atoms with E-state index in [1.807, 2.05) is 43.3 Å². The van der Waals surface area contributed by atoms with Crippen LogP contribution in [0.4, 0.5) is 27.0 Å². The van der Waals surface area contributed by atoms with Crippen molar-refractivity contribution < 1.29 is 9.59 Å². The molecule has 0 unspecified atom stereocenters. The van der Waals surface area contributed by atoms with E-state index in [1.165, 1.54) is 0 Å². The Morgan fingerprint density at radius 2 is 1.54 bits per heavy atom.